The van der Waals surface area contributed by atoms with Crippen molar-refractivity contribution in [2.24, 2.45) is 0 Å². The Morgan fingerprint density at radius 2 is 1.94 bits per heavy atom. The highest BCUT2D eigenvalue weighted by molar-refractivity contribution is 6.04. The van der Waals surface area contributed by atoms with Crippen LogP contribution < -0.4 is 9.47 Å². The van der Waals surface area contributed by atoms with Crippen LogP contribution in [0.5, 0.6) is 11.5 Å². The standard InChI is InChI=1S/C25H28O7/c1-16-10-20(11-19-8-9-32-24(16)19)25(29,13-17(2)22(26)12-23(27)28)15-31-14-18-4-6-21(30-3)7-5-18/h4-7,10-11,13,29H,8-9,12,14-15H2,1-3H3,(H,27,28). The summed E-state index contributed by atoms with van der Waals surface area (Å²) in [6, 6.07) is 11.1. The number of allylic oxidation sites excluding steroid dienone is 1. The maximum absolute atomic E-state index is 12.2. The molecule has 0 amide bonds. The van der Waals surface area contributed by atoms with Gasteiger partial charge >= 0.3 is 5.97 Å². The zero-order valence-corrected chi connectivity index (χ0v) is 18.5. The average molecular weight is 440 g/mol. The van der Waals surface area contributed by atoms with Crippen LogP contribution >= 0.6 is 0 Å². The molecule has 0 aromatic heterocycles. The predicted molar refractivity (Wildman–Crippen MR) is 118 cm³/mol. The third-order valence-corrected chi connectivity index (χ3v) is 5.43. The minimum Gasteiger partial charge on any atom is -0.497 e. The van der Waals surface area contributed by atoms with Crippen molar-refractivity contribution in [1.82, 2.24) is 0 Å². The van der Waals surface area contributed by atoms with Crippen molar-refractivity contribution in [1.29, 1.82) is 0 Å². The van der Waals surface area contributed by atoms with E-state index in [0.717, 1.165) is 34.6 Å². The topological polar surface area (TPSA) is 102 Å². The van der Waals surface area contributed by atoms with Crippen LogP contribution in [0, 0.1) is 6.92 Å². The zero-order valence-electron chi connectivity index (χ0n) is 18.5. The van der Waals surface area contributed by atoms with E-state index >= 15 is 0 Å². The number of hydrogen-bond donors (Lipinski definition) is 2. The molecule has 1 unspecified atom stereocenters. The summed E-state index contributed by atoms with van der Waals surface area (Å²) in [6.07, 6.45) is 1.49. The van der Waals surface area contributed by atoms with Crippen molar-refractivity contribution < 1.29 is 34.0 Å². The summed E-state index contributed by atoms with van der Waals surface area (Å²) in [4.78, 5) is 23.2. The van der Waals surface area contributed by atoms with Crippen LogP contribution in [0.2, 0.25) is 0 Å². The number of carboxylic acid groups (broad SMARTS) is 1. The second-order valence-corrected chi connectivity index (χ2v) is 7.97. The van der Waals surface area contributed by atoms with Crippen molar-refractivity contribution in [3.05, 3.63) is 70.3 Å². The highest BCUT2D eigenvalue weighted by atomic mass is 16.5. The Balaban J connectivity index is 1.87. The lowest BCUT2D eigenvalue weighted by Gasteiger charge is -2.27. The Morgan fingerprint density at radius 3 is 2.59 bits per heavy atom. The van der Waals surface area contributed by atoms with E-state index in [-0.39, 0.29) is 18.8 Å². The highest BCUT2D eigenvalue weighted by Crippen LogP contribution is 2.35. The second-order valence-electron chi connectivity index (χ2n) is 7.97. The SMILES string of the molecule is COc1ccc(COCC(O)(C=C(C)C(=O)CC(=O)O)c2cc(C)c3c(c2)CCO3)cc1. The monoisotopic (exact) mass is 440 g/mol. The number of fused-ring (bicyclic) bond motifs is 1. The molecule has 0 bridgehead atoms. The first-order valence-corrected chi connectivity index (χ1v) is 10.4. The zero-order chi connectivity index (χ0) is 23.3. The molecule has 2 aromatic carbocycles. The smallest absolute Gasteiger partial charge is 0.311 e. The van der Waals surface area contributed by atoms with Crippen molar-refractivity contribution in [3.63, 3.8) is 0 Å². The molecular formula is C25H28O7. The van der Waals surface area contributed by atoms with Crippen LogP contribution in [0.4, 0.5) is 0 Å². The molecule has 7 nitrogen and oxygen atoms in total. The van der Waals surface area contributed by atoms with Crippen molar-refractivity contribution in [3.8, 4) is 11.5 Å². The molecule has 7 heteroatoms. The molecule has 0 saturated heterocycles. The number of carbonyl (C=O) groups is 2. The molecule has 3 rings (SSSR count). The number of Topliss-reactive ketones (excluding diaryl/α,β-unsaturated/α-hetero) is 1. The lowest BCUT2D eigenvalue weighted by atomic mass is 9.88. The third kappa shape index (κ3) is 5.55. The molecule has 0 fully saturated rings. The molecule has 1 aliphatic rings. The Kier molecular flexibility index (Phi) is 7.33. The molecule has 0 radical (unpaired) electrons. The first-order chi connectivity index (χ1) is 15.2. The van der Waals surface area contributed by atoms with E-state index in [0.29, 0.717) is 12.2 Å². The summed E-state index contributed by atoms with van der Waals surface area (Å²) in [7, 11) is 1.59. The minimum absolute atomic E-state index is 0.115. The van der Waals surface area contributed by atoms with Crippen molar-refractivity contribution >= 4 is 11.8 Å². The molecule has 1 atom stereocenters. The van der Waals surface area contributed by atoms with E-state index in [9.17, 15) is 14.7 Å². The molecule has 1 heterocycles. The summed E-state index contributed by atoms with van der Waals surface area (Å²) in [5, 5.41) is 20.5. The Bertz CT molecular complexity index is 1020. The van der Waals surface area contributed by atoms with Gasteiger partial charge in [-0.25, -0.2) is 0 Å². The lowest BCUT2D eigenvalue weighted by Crippen LogP contribution is -2.31. The summed E-state index contributed by atoms with van der Waals surface area (Å²) in [6.45, 7) is 4.12. The quantitative estimate of drug-likeness (QED) is 0.432. The third-order valence-electron chi connectivity index (χ3n) is 5.43. The van der Waals surface area contributed by atoms with E-state index in [2.05, 4.69) is 0 Å². The van der Waals surface area contributed by atoms with Gasteiger partial charge < -0.3 is 24.4 Å². The van der Waals surface area contributed by atoms with E-state index in [1.807, 2.05) is 43.3 Å². The van der Waals surface area contributed by atoms with Crippen LogP contribution in [0.15, 0.2) is 48.0 Å². The van der Waals surface area contributed by atoms with Gasteiger partial charge in [-0.2, -0.15) is 0 Å². The molecule has 0 saturated carbocycles. The van der Waals surface area contributed by atoms with Crippen LogP contribution in [-0.2, 0) is 33.0 Å². The fourth-order valence-electron chi connectivity index (χ4n) is 3.72. The van der Waals surface area contributed by atoms with Crippen LogP contribution in [0.3, 0.4) is 0 Å². The number of rotatable bonds is 10. The molecule has 2 N–H and O–H groups in total. The van der Waals surface area contributed by atoms with Gasteiger partial charge in [-0.3, -0.25) is 9.59 Å². The number of ketones is 1. The van der Waals surface area contributed by atoms with Crippen molar-refractivity contribution in [2.75, 3.05) is 20.3 Å². The van der Waals surface area contributed by atoms with E-state index in [1.165, 1.54) is 13.0 Å². The van der Waals surface area contributed by atoms with Gasteiger partial charge in [0.1, 0.15) is 23.5 Å². The fraction of sp³-hybridized carbons (Fsp3) is 0.360. The maximum Gasteiger partial charge on any atom is 0.311 e. The second kappa shape index (κ2) is 9.97. The molecule has 32 heavy (non-hydrogen) atoms. The van der Waals surface area contributed by atoms with Crippen LogP contribution in [0.1, 0.15) is 35.6 Å². The van der Waals surface area contributed by atoms with Gasteiger partial charge in [-0.15, -0.1) is 0 Å². The predicted octanol–water partition coefficient (Wildman–Crippen LogP) is 3.33. The molecular weight excluding hydrogens is 412 g/mol. The van der Waals surface area contributed by atoms with Crippen molar-refractivity contribution in [2.45, 2.75) is 38.9 Å². The first-order valence-electron chi connectivity index (χ1n) is 10.4. The van der Waals surface area contributed by atoms with Gasteiger partial charge in [0.05, 0.1) is 26.9 Å². The van der Waals surface area contributed by atoms with Gasteiger partial charge in [-0.1, -0.05) is 12.1 Å². The summed E-state index contributed by atoms with van der Waals surface area (Å²) in [5.41, 5.74) is 1.87. The Morgan fingerprint density at radius 1 is 1.22 bits per heavy atom. The van der Waals surface area contributed by atoms with Crippen LogP contribution in [-0.4, -0.2) is 42.3 Å². The van der Waals surface area contributed by atoms with E-state index < -0.39 is 23.8 Å². The van der Waals surface area contributed by atoms with Gasteiger partial charge in [0, 0.05) is 6.42 Å². The minimum atomic E-state index is -1.62. The number of aliphatic hydroxyl groups is 1. The Labute approximate surface area is 187 Å². The maximum atomic E-state index is 12.2. The summed E-state index contributed by atoms with van der Waals surface area (Å²) < 4.78 is 16.7. The molecule has 0 spiro atoms. The number of carboxylic acids is 1. The molecule has 170 valence electrons. The normalized spacial score (nSPS) is 14.9. The number of ether oxygens (including phenoxy) is 3. The number of hydrogen-bond acceptors (Lipinski definition) is 6. The van der Waals surface area contributed by atoms with E-state index in [4.69, 9.17) is 19.3 Å². The summed E-state index contributed by atoms with van der Waals surface area (Å²) in [5.74, 6) is -0.227. The largest absolute Gasteiger partial charge is 0.497 e. The number of methoxy groups -OCH3 is 1. The van der Waals surface area contributed by atoms with Gasteiger partial charge in [0.15, 0.2) is 5.78 Å². The number of carbonyl (C=O) groups excluding carboxylic acids is 1. The molecule has 1 aliphatic heterocycles. The van der Waals surface area contributed by atoms with Gasteiger partial charge in [0.25, 0.3) is 0 Å². The fourth-order valence-corrected chi connectivity index (χ4v) is 3.72. The van der Waals surface area contributed by atoms with Crippen LogP contribution in [0.25, 0.3) is 0 Å². The number of aryl methyl sites for hydroxylation is 1. The number of aliphatic carboxylic acids is 1. The van der Waals surface area contributed by atoms with Gasteiger partial charge in [0.2, 0.25) is 0 Å². The summed E-state index contributed by atoms with van der Waals surface area (Å²) >= 11 is 0. The molecule has 0 aliphatic carbocycles. The lowest BCUT2D eigenvalue weighted by molar-refractivity contribution is -0.139. The molecule has 2 aromatic rings. The van der Waals surface area contributed by atoms with Gasteiger partial charge in [-0.05, 0) is 72.0 Å². The average Bonchev–Trinajstić information content (AvgIpc) is 3.23. The Hall–Kier alpha value is -3.16. The highest BCUT2D eigenvalue weighted by Gasteiger charge is 2.31. The van der Waals surface area contributed by atoms with E-state index in [1.54, 1.807) is 7.11 Å². The first kappa shape index (κ1) is 23.5. The number of benzene rings is 2.